The zero-order valence-corrected chi connectivity index (χ0v) is 9.32. The van der Waals surface area contributed by atoms with Crippen LogP contribution in [0.5, 0.6) is 0 Å². The molecule has 0 fully saturated rings. The first-order valence-corrected chi connectivity index (χ1v) is 5.40. The minimum absolute atomic E-state index is 0.202. The fourth-order valence-corrected chi connectivity index (χ4v) is 1.81. The number of benzene rings is 1. The normalized spacial score (nSPS) is 10.7. The van der Waals surface area contributed by atoms with Gasteiger partial charge in [0.05, 0.1) is 5.56 Å². The molecule has 1 N–H and O–H groups in total. The molecule has 0 bridgehead atoms. The lowest BCUT2D eigenvalue weighted by atomic mass is 10.1. The Kier molecular flexibility index (Phi) is 2.30. The van der Waals surface area contributed by atoms with Gasteiger partial charge in [0.25, 0.3) is 0 Å². The van der Waals surface area contributed by atoms with Gasteiger partial charge in [-0.15, -0.1) is 5.10 Å². The molecule has 3 rings (SSSR count). The van der Waals surface area contributed by atoms with Gasteiger partial charge in [-0.3, -0.25) is 0 Å². The molecule has 88 valence electrons. The predicted octanol–water partition coefficient (Wildman–Crippen LogP) is 2.09. The van der Waals surface area contributed by atoms with Gasteiger partial charge in [-0.25, -0.2) is 14.3 Å². The van der Waals surface area contributed by atoms with E-state index in [0.29, 0.717) is 17.0 Å². The van der Waals surface area contributed by atoms with Crippen LogP contribution in [0.3, 0.4) is 0 Å². The quantitative estimate of drug-likeness (QED) is 0.743. The van der Waals surface area contributed by atoms with E-state index in [1.165, 1.54) is 0 Å². The number of aromatic carboxylic acids is 1. The summed E-state index contributed by atoms with van der Waals surface area (Å²) in [4.78, 5) is 15.5. The van der Waals surface area contributed by atoms with Crippen molar-refractivity contribution in [3.63, 3.8) is 0 Å². The third kappa shape index (κ3) is 1.62. The summed E-state index contributed by atoms with van der Waals surface area (Å²) >= 11 is 0. The number of hydrogen-bond acceptors (Lipinski definition) is 3. The lowest BCUT2D eigenvalue weighted by Gasteiger charge is -2.00. The van der Waals surface area contributed by atoms with Crippen molar-refractivity contribution in [2.45, 2.75) is 0 Å². The first-order chi connectivity index (χ1) is 8.75. The molecular weight excluding hydrogens is 230 g/mol. The van der Waals surface area contributed by atoms with Crippen molar-refractivity contribution in [3.05, 3.63) is 54.2 Å². The molecule has 0 atom stereocenters. The molecule has 0 aliphatic rings. The number of rotatable bonds is 2. The zero-order valence-electron chi connectivity index (χ0n) is 9.32. The minimum atomic E-state index is -0.982. The second-order valence-electron chi connectivity index (χ2n) is 3.79. The van der Waals surface area contributed by atoms with Gasteiger partial charge in [0.2, 0.25) is 0 Å². The summed E-state index contributed by atoms with van der Waals surface area (Å²) in [5.74, 6) is -0.566. The third-order valence-electron chi connectivity index (χ3n) is 2.64. The smallest absolute Gasteiger partial charge is 0.336 e. The molecule has 0 spiro atoms. The summed E-state index contributed by atoms with van der Waals surface area (Å²) in [5.41, 5.74) is 1.41. The van der Waals surface area contributed by atoms with Crippen LogP contribution in [0.4, 0.5) is 0 Å². The molecule has 0 aliphatic carbocycles. The standard InChI is InChI=1S/C13H9N3O2/c17-13(18)10-6-2-1-5-9(10)12-14-11-7-3-4-8-16(11)15-12/h1-8H,(H,17,18). The van der Waals surface area contributed by atoms with Crippen LogP contribution < -0.4 is 0 Å². The average molecular weight is 239 g/mol. The van der Waals surface area contributed by atoms with Crippen LogP contribution in [0.2, 0.25) is 0 Å². The van der Waals surface area contributed by atoms with Gasteiger partial charge in [-0.2, -0.15) is 0 Å². The molecule has 0 aliphatic heterocycles. The summed E-state index contributed by atoms with van der Waals surface area (Å²) in [5, 5.41) is 13.4. The number of hydrogen-bond donors (Lipinski definition) is 1. The van der Waals surface area contributed by atoms with E-state index in [4.69, 9.17) is 5.11 Å². The van der Waals surface area contributed by atoms with Gasteiger partial charge in [-0.05, 0) is 18.2 Å². The van der Waals surface area contributed by atoms with Crippen molar-refractivity contribution in [1.29, 1.82) is 0 Å². The van der Waals surface area contributed by atoms with Crippen molar-refractivity contribution < 1.29 is 9.90 Å². The molecule has 18 heavy (non-hydrogen) atoms. The molecule has 0 unspecified atom stereocenters. The van der Waals surface area contributed by atoms with Gasteiger partial charge in [0.1, 0.15) is 0 Å². The van der Waals surface area contributed by atoms with E-state index in [2.05, 4.69) is 10.1 Å². The number of carboxylic acid groups (broad SMARTS) is 1. The van der Waals surface area contributed by atoms with E-state index in [-0.39, 0.29) is 5.56 Å². The second kappa shape index (κ2) is 3.96. The van der Waals surface area contributed by atoms with Crippen molar-refractivity contribution in [3.8, 4) is 11.4 Å². The van der Waals surface area contributed by atoms with Crippen LogP contribution >= 0.6 is 0 Å². The fraction of sp³-hybridized carbons (Fsp3) is 0. The number of fused-ring (bicyclic) bond motifs is 1. The molecule has 0 saturated heterocycles. The van der Waals surface area contributed by atoms with E-state index < -0.39 is 5.97 Å². The Bertz CT molecular complexity index is 701. The van der Waals surface area contributed by atoms with Crippen molar-refractivity contribution in [2.24, 2.45) is 0 Å². The molecule has 2 aromatic heterocycles. The molecule has 2 heterocycles. The van der Waals surface area contributed by atoms with Crippen LogP contribution in [0.25, 0.3) is 17.0 Å². The van der Waals surface area contributed by atoms with Gasteiger partial charge < -0.3 is 5.11 Å². The summed E-state index contributed by atoms with van der Waals surface area (Å²) in [6.07, 6.45) is 1.77. The molecule has 0 amide bonds. The molecular formula is C13H9N3O2. The number of pyridine rings is 1. The highest BCUT2D eigenvalue weighted by Gasteiger charge is 2.14. The third-order valence-corrected chi connectivity index (χ3v) is 2.64. The number of carboxylic acids is 1. The van der Waals surface area contributed by atoms with E-state index in [0.717, 1.165) is 0 Å². The first-order valence-electron chi connectivity index (χ1n) is 5.40. The molecule has 5 heteroatoms. The topological polar surface area (TPSA) is 67.5 Å². The highest BCUT2D eigenvalue weighted by molar-refractivity contribution is 5.95. The lowest BCUT2D eigenvalue weighted by Crippen LogP contribution is -1.99. The molecule has 1 aromatic carbocycles. The van der Waals surface area contributed by atoms with E-state index in [1.54, 1.807) is 35.0 Å². The number of aromatic nitrogens is 3. The van der Waals surface area contributed by atoms with Crippen LogP contribution in [0, 0.1) is 0 Å². The summed E-state index contributed by atoms with van der Waals surface area (Å²) in [7, 11) is 0. The fourth-order valence-electron chi connectivity index (χ4n) is 1.81. The Morgan fingerprint density at radius 2 is 1.89 bits per heavy atom. The summed E-state index contributed by atoms with van der Waals surface area (Å²) in [6, 6.07) is 12.2. The lowest BCUT2D eigenvalue weighted by molar-refractivity contribution is 0.0697. The zero-order chi connectivity index (χ0) is 12.5. The Hall–Kier alpha value is -2.69. The maximum atomic E-state index is 11.1. The Balaban J connectivity index is 2.23. The molecule has 0 radical (unpaired) electrons. The maximum absolute atomic E-state index is 11.1. The maximum Gasteiger partial charge on any atom is 0.336 e. The Labute approximate surface area is 102 Å². The van der Waals surface area contributed by atoms with Crippen LogP contribution in [0.15, 0.2) is 48.7 Å². The average Bonchev–Trinajstić information content (AvgIpc) is 2.82. The monoisotopic (exact) mass is 239 g/mol. The van der Waals surface area contributed by atoms with Crippen molar-refractivity contribution >= 4 is 11.6 Å². The predicted molar refractivity (Wildman–Crippen MR) is 65.4 cm³/mol. The highest BCUT2D eigenvalue weighted by Crippen LogP contribution is 2.20. The van der Waals surface area contributed by atoms with Gasteiger partial charge in [-0.1, -0.05) is 24.3 Å². The van der Waals surface area contributed by atoms with Gasteiger partial charge >= 0.3 is 5.97 Å². The largest absolute Gasteiger partial charge is 0.478 e. The second-order valence-corrected chi connectivity index (χ2v) is 3.79. The Morgan fingerprint density at radius 3 is 2.67 bits per heavy atom. The minimum Gasteiger partial charge on any atom is -0.478 e. The first kappa shape index (κ1) is 10.5. The molecule has 3 aromatic rings. The Morgan fingerprint density at radius 1 is 1.11 bits per heavy atom. The van der Waals surface area contributed by atoms with E-state index in [9.17, 15) is 4.79 Å². The van der Waals surface area contributed by atoms with Gasteiger partial charge in [0, 0.05) is 11.8 Å². The van der Waals surface area contributed by atoms with E-state index >= 15 is 0 Å². The highest BCUT2D eigenvalue weighted by atomic mass is 16.4. The van der Waals surface area contributed by atoms with Crippen LogP contribution in [0.1, 0.15) is 10.4 Å². The van der Waals surface area contributed by atoms with Gasteiger partial charge in [0.15, 0.2) is 11.5 Å². The summed E-state index contributed by atoms with van der Waals surface area (Å²) in [6.45, 7) is 0. The summed E-state index contributed by atoms with van der Waals surface area (Å²) < 4.78 is 1.62. The van der Waals surface area contributed by atoms with Crippen molar-refractivity contribution in [1.82, 2.24) is 14.6 Å². The van der Waals surface area contributed by atoms with E-state index in [1.807, 2.05) is 18.2 Å². The molecule has 0 saturated carbocycles. The SMILES string of the molecule is O=C(O)c1ccccc1-c1nc2ccccn2n1. The molecule has 5 nitrogen and oxygen atoms in total. The number of nitrogens with zero attached hydrogens (tertiary/aromatic N) is 3. The number of carbonyl (C=O) groups is 1. The van der Waals surface area contributed by atoms with Crippen LogP contribution in [-0.4, -0.2) is 25.7 Å². The van der Waals surface area contributed by atoms with Crippen LogP contribution in [-0.2, 0) is 0 Å². The van der Waals surface area contributed by atoms with Crippen molar-refractivity contribution in [2.75, 3.05) is 0 Å².